The highest BCUT2D eigenvalue weighted by atomic mass is 79.9. The molecule has 0 atom stereocenters. The normalized spacial score (nSPS) is 11.2. The highest BCUT2D eigenvalue weighted by molar-refractivity contribution is 9.11. The first kappa shape index (κ1) is 18.0. The molecule has 4 rings (SSSR count). The Bertz CT molecular complexity index is 1150. The molecule has 3 N–H and O–H groups in total. The van der Waals surface area contributed by atoms with Gasteiger partial charge in [-0.1, -0.05) is 35.5 Å². The van der Waals surface area contributed by atoms with E-state index in [4.69, 9.17) is 5.73 Å². The van der Waals surface area contributed by atoms with Crippen molar-refractivity contribution in [3.05, 3.63) is 56.8 Å². The summed E-state index contributed by atoms with van der Waals surface area (Å²) in [5.74, 6) is -0.505. The van der Waals surface area contributed by atoms with Gasteiger partial charge in [0.2, 0.25) is 11.6 Å². The van der Waals surface area contributed by atoms with Crippen molar-refractivity contribution >= 4 is 45.2 Å². The summed E-state index contributed by atoms with van der Waals surface area (Å²) in [5.41, 5.74) is 9.36. The maximum Gasteiger partial charge on any atom is 0.292 e. The molecule has 140 valence electrons. The molecule has 0 unspecified atom stereocenters. The summed E-state index contributed by atoms with van der Waals surface area (Å²) in [4.78, 5) is 13.7. The van der Waals surface area contributed by atoms with Gasteiger partial charge >= 0.3 is 0 Å². The summed E-state index contributed by atoms with van der Waals surface area (Å²) in [5, 5.41) is 19.3. The van der Waals surface area contributed by atoms with Crippen LogP contribution in [0.3, 0.4) is 0 Å². The predicted molar refractivity (Wildman–Crippen MR) is 106 cm³/mol. The maximum atomic E-state index is 12.9. The van der Waals surface area contributed by atoms with Gasteiger partial charge < -0.3 is 5.73 Å². The Balaban J connectivity index is 1.70. The summed E-state index contributed by atoms with van der Waals surface area (Å²) >= 11 is 4.85. The molecule has 1 amide bonds. The summed E-state index contributed by atoms with van der Waals surface area (Å²) in [7, 11) is 0. The molecule has 0 saturated heterocycles. The van der Waals surface area contributed by atoms with Gasteiger partial charge in [-0.15, -0.1) is 16.4 Å². The lowest BCUT2D eigenvalue weighted by Crippen LogP contribution is -2.22. The van der Waals surface area contributed by atoms with E-state index in [2.05, 4.69) is 51.7 Å². The second-order valence-corrected chi connectivity index (χ2v) is 7.87. The number of nitrogens with zero attached hydrogens (tertiary/aromatic N) is 6. The molecule has 0 aliphatic carbocycles. The van der Waals surface area contributed by atoms with E-state index in [-0.39, 0.29) is 17.3 Å². The van der Waals surface area contributed by atoms with Gasteiger partial charge in [0, 0.05) is 10.4 Å². The fourth-order valence-electron chi connectivity index (χ4n) is 2.37. The van der Waals surface area contributed by atoms with E-state index < -0.39 is 5.91 Å². The summed E-state index contributed by atoms with van der Waals surface area (Å²) in [6, 6.07) is 12.9. The topological polar surface area (TPSA) is 137 Å². The van der Waals surface area contributed by atoms with E-state index in [0.717, 1.165) is 8.66 Å². The Labute approximate surface area is 170 Å². The largest absolute Gasteiger partial charge is 0.378 e. The Morgan fingerprint density at radius 3 is 2.75 bits per heavy atom. The summed E-state index contributed by atoms with van der Waals surface area (Å²) < 4.78 is 6.74. The zero-order chi connectivity index (χ0) is 19.5. The third-order valence-corrected chi connectivity index (χ3v) is 5.14. The van der Waals surface area contributed by atoms with E-state index >= 15 is 0 Å². The van der Waals surface area contributed by atoms with Crippen molar-refractivity contribution in [3.63, 3.8) is 0 Å². The van der Waals surface area contributed by atoms with Crippen LogP contribution in [0, 0.1) is 0 Å². The Kier molecular flexibility index (Phi) is 4.95. The molecule has 0 spiro atoms. The molecule has 0 radical (unpaired) electrons. The molecule has 28 heavy (non-hydrogen) atoms. The third-order valence-electron chi connectivity index (χ3n) is 3.58. The Hall–Kier alpha value is -3.38. The number of carbonyl (C=O) groups excluding carboxylic acids is 1. The molecule has 0 bridgehead atoms. The number of benzene rings is 1. The monoisotopic (exact) mass is 458 g/mol. The summed E-state index contributed by atoms with van der Waals surface area (Å²) in [6.45, 7) is 0. The van der Waals surface area contributed by atoms with E-state index in [0.29, 0.717) is 11.3 Å². The molecule has 0 saturated carbocycles. The SMILES string of the molecule is Nc1nonc1-n1nnc(-c2ccccc2)c1C(=O)NN=Cc1ccc(Br)s1. The van der Waals surface area contributed by atoms with Gasteiger partial charge in [0.25, 0.3) is 5.91 Å². The molecule has 10 nitrogen and oxygen atoms in total. The number of rotatable bonds is 5. The number of carbonyl (C=O) groups is 1. The lowest BCUT2D eigenvalue weighted by atomic mass is 10.1. The van der Waals surface area contributed by atoms with Gasteiger partial charge in [-0.2, -0.15) is 9.78 Å². The number of amides is 1. The standard InChI is InChI=1S/C16H11BrN8O2S/c17-11-7-6-10(28-11)8-19-21-16(26)13-12(9-4-2-1-3-5-9)20-24-25(13)15-14(18)22-27-23-15/h1-8H,(H2,18,22)(H,21,26). The van der Waals surface area contributed by atoms with Gasteiger partial charge in [0.1, 0.15) is 5.69 Å². The first-order chi connectivity index (χ1) is 13.6. The smallest absolute Gasteiger partial charge is 0.292 e. The van der Waals surface area contributed by atoms with Gasteiger partial charge in [0.05, 0.1) is 10.0 Å². The van der Waals surface area contributed by atoms with Crippen molar-refractivity contribution in [2.75, 3.05) is 5.73 Å². The van der Waals surface area contributed by atoms with Crippen LogP contribution in [0.4, 0.5) is 5.82 Å². The number of hydrogen-bond acceptors (Lipinski definition) is 9. The van der Waals surface area contributed by atoms with Crippen LogP contribution in [0.1, 0.15) is 15.4 Å². The number of aromatic nitrogens is 5. The second-order valence-electron chi connectivity index (χ2n) is 5.38. The number of halogens is 1. The average molecular weight is 459 g/mol. The number of nitrogens with two attached hydrogens (primary N) is 1. The van der Waals surface area contributed by atoms with Crippen LogP contribution in [-0.4, -0.2) is 37.4 Å². The number of anilines is 1. The number of thiophene rings is 1. The molecule has 0 aliphatic heterocycles. The minimum absolute atomic E-state index is 0.0227. The Morgan fingerprint density at radius 2 is 2.07 bits per heavy atom. The van der Waals surface area contributed by atoms with Crippen LogP contribution in [0.2, 0.25) is 0 Å². The molecule has 3 aromatic heterocycles. The van der Waals surface area contributed by atoms with E-state index in [1.807, 2.05) is 42.5 Å². The quantitative estimate of drug-likeness (QED) is 0.346. The van der Waals surface area contributed by atoms with Crippen LogP contribution >= 0.6 is 27.3 Å². The highest BCUT2D eigenvalue weighted by Crippen LogP contribution is 2.24. The highest BCUT2D eigenvalue weighted by Gasteiger charge is 2.25. The predicted octanol–water partition coefficient (Wildman–Crippen LogP) is 2.49. The van der Waals surface area contributed by atoms with Crippen LogP contribution in [0.25, 0.3) is 17.1 Å². The minimum atomic E-state index is -0.543. The summed E-state index contributed by atoms with van der Waals surface area (Å²) in [6.07, 6.45) is 1.54. The zero-order valence-corrected chi connectivity index (χ0v) is 16.4. The van der Waals surface area contributed by atoms with Crippen molar-refractivity contribution in [3.8, 4) is 17.1 Å². The van der Waals surface area contributed by atoms with Gasteiger partial charge in [-0.05, 0) is 38.4 Å². The van der Waals surface area contributed by atoms with Crippen molar-refractivity contribution in [2.24, 2.45) is 5.10 Å². The zero-order valence-electron chi connectivity index (χ0n) is 14.0. The fraction of sp³-hybridized carbons (Fsp3) is 0. The van der Waals surface area contributed by atoms with Crippen LogP contribution < -0.4 is 11.2 Å². The third kappa shape index (κ3) is 3.54. The number of hydrazone groups is 1. The van der Waals surface area contributed by atoms with Gasteiger partial charge in [0.15, 0.2) is 5.69 Å². The molecule has 0 fully saturated rings. The molecular weight excluding hydrogens is 448 g/mol. The molecular formula is C16H11BrN8O2S. The average Bonchev–Trinajstić information content (AvgIpc) is 3.42. The van der Waals surface area contributed by atoms with Crippen molar-refractivity contribution in [2.45, 2.75) is 0 Å². The molecule has 12 heteroatoms. The van der Waals surface area contributed by atoms with E-state index in [9.17, 15) is 4.79 Å². The van der Waals surface area contributed by atoms with Gasteiger partial charge in [-0.3, -0.25) is 4.79 Å². The van der Waals surface area contributed by atoms with E-state index in [1.54, 1.807) is 0 Å². The van der Waals surface area contributed by atoms with Crippen LogP contribution in [-0.2, 0) is 0 Å². The lowest BCUT2D eigenvalue weighted by molar-refractivity contribution is 0.0948. The van der Waals surface area contributed by atoms with Crippen molar-refractivity contribution in [1.82, 2.24) is 30.7 Å². The minimum Gasteiger partial charge on any atom is -0.378 e. The van der Waals surface area contributed by atoms with Gasteiger partial charge in [-0.25, -0.2) is 10.1 Å². The first-order valence-electron chi connectivity index (χ1n) is 7.82. The number of nitrogen functional groups attached to an aromatic ring is 1. The molecule has 3 heterocycles. The second kappa shape index (κ2) is 7.70. The number of nitrogens with one attached hydrogen (secondary N) is 1. The molecule has 1 aromatic carbocycles. The lowest BCUT2D eigenvalue weighted by Gasteiger charge is -2.04. The van der Waals surface area contributed by atoms with Crippen molar-refractivity contribution in [1.29, 1.82) is 0 Å². The van der Waals surface area contributed by atoms with Crippen LogP contribution in [0.5, 0.6) is 0 Å². The maximum absolute atomic E-state index is 12.9. The number of hydrogen-bond donors (Lipinski definition) is 2. The van der Waals surface area contributed by atoms with Crippen molar-refractivity contribution < 1.29 is 9.42 Å². The molecule has 0 aliphatic rings. The molecule has 4 aromatic rings. The van der Waals surface area contributed by atoms with Crippen LogP contribution in [0.15, 0.2) is 56.0 Å². The van der Waals surface area contributed by atoms with E-state index in [1.165, 1.54) is 22.2 Å². The fourth-order valence-corrected chi connectivity index (χ4v) is 3.66. The first-order valence-corrected chi connectivity index (χ1v) is 9.42. The Morgan fingerprint density at radius 1 is 1.25 bits per heavy atom.